The van der Waals surface area contributed by atoms with Crippen LogP contribution < -0.4 is 0 Å². The lowest BCUT2D eigenvalue weighted by Gasteiger charge is -2.20. The average molecular weight is 634 g/mol. The summed E-state index contributed by atoms with van der Waals surface area (Å²) in [6, 6.07) is 29.8. The van der Waals surface area contributed by atoms with Gasteiger partial charge in [0.15, 0.2) is 0 Å². The van der Waals surface area contributed by atoms with Gasteiger partial charge in [-0.05, 0) is 74.8 Å². The Bertz CT molecular complexity index is 1480. The number of hydrogen-bond donors (Lipinski definition) is 0. The van der Waals surface area contributed by atoms with Crippen LogP contribution in [0.3, 0.4) is 0 Å². The molecule has 1 amide bonds. The number of nitrogens with zero attached hydrogens (tertiary/aromatic N) is 3. The lowest BCUT2D eigenvalue weighted by Crippen LogP contribution is -2.25. The molecule has 0 aliphatic carbocycles. The molecule has 2 aliphatic rings. The van der Waals surface area contributed by atoms with E-state index in [1.54, 1.807) is 0 Å². The second-order valence-electron chi connectivity index (χ2n) is 14.1. The van der Waals surface area contributed by atoms with Crippen molar-refractivity contribution in [3.8, 4) is 0 Å². The van der Waals surface area contributed by atoms with Gasteiger partial charge >= 0.3 is 0 Å². The van der Waals surface area contributed by atoms with Crippen molar-refractivity contribution in [1.82, 2.24) is 4.90 Å². The van der Waals surface area contributed by atoms with Gasteiger partial charge < -0.3 is 0 Å². The predicted octanol–water partition coefficient (Wildman–Crippen LogP) is 10.8. The van der Waals surface area contributed by atoms with Crippen LogP contribution in [-0.2, 0) is 17.8 Å². The van der Waals surface area contributed by atoms with Gasteiger partial charge in [0.1, 0.15) is 0 Å². The molecule has 0 aromatic heterocycles. The highest BCUT2D eigenvalue weighted by Crippen LogP contribution is 2.27. The van der Waals surface area contributed by atoms with Gasteiger partial charge in [0.25, 0.3) is 0 Å². The quantitative estimate of drug-likeness (QED) is 0.220. The number of allylic oxidation sites excluding steroid dienone is 2. The van der Waals surface area contributed by atoms with E-state index in [1.165, 1.54) is 52.1 Å². The Morgan fingerprint density at radius 3 is 2.13 bits per heavy atom. The van der Waals surface area contributed by atoms with E-state index in [0.717, 1.165) is 57.5 Å². The Kier molecular flexibility index (Phi) is 15.5. The average Bonchev–Trinajstić information content (AvgIpc) is 3.67. The fourth-order valence-electron chi connectivity index (χ4n) is 6.07. The maximum absolute atomic E-state index is 12.4. The molecule has 0 N–H and O–H groups in total. The van der Waals surface area contributed by atoms with E-state index < -0.39 is 0 Å². The summed E-state index contributed by atoms with van der Waals surface area (Å²) < 4.78 is 0. The third-order valence-corrected chi connectivity index (χ3v) is 8.58. The molecule has 0 spiro atoms. The third-order valence-electron chi connectivity index (χ3n) is 8.58. The Balaban J connectivity index is 0.000000236. The van der Waals surface area contributed by atoms with E-state index in [-0.39, 0.29) is 17.2 Å². The summed E-state index contributed by atoms with van der Waals surface area (Å²) in [4.78, 5) is 24.1. The van der Waals surface area contributed by atoms with Crippen LogP contribution in [0.1, 0.15) is 109 Å². The fraction of sp³-hybridized carbons (Fsp3) is 0.465. The summed E-state index contributed by atoms with van der Waals surface area (Å²) in [5.74, 6) is 0.134. The van der Waals surface area contributed by atoms with Crippen LogP contribution in [0.4, 0.5) is 0 Å². The van der Waals surface area contributed by atoms with Gasteiger partial charge in [0.05, 0.1) is 11.6 Å². The van der Waals surface area contributed by atoms with Crippen LogP contribution in [0.25, 0.3) is 0 Å². The number of hydrogen-bond acceptors (Lipinski definition) is 3. The van der Waals surface area contributed by atoms with Crippen LogP contribution >= 0.6 is 0 Å². The zero-order chi connectivity index (χ0) is 34.2. The molecule has 3 aromatic carbocycles. The number of rotatable bonds is 9. The Labute approximate surface area is 286 Å². The number of aliphatic imine (C=N–C) groups is 2. The molecule has 252 valence electrons. The summed E-state index contributed by atoms with van der Waals surface area (Å²) in [5, 5.41) is 0. The van der Waals surface area contributed by atoms with Crippen molar-refractivity contribution in [1.29, 1.82) is 0 Å². The van der Waals surface area contributed by atoms with Crippen LogP contribution in [0, 0.1) is 18.3 Å². The van der Waals surface area contributed by atoms with E-state index in [0.29, 0.717) is 0 Å². The van der Waals surface area contributed by atoms with Gasteiger partial charge in [0.2, 0.25) is 5.91 Å². The summed E-state index contributed by atoms with van der Waals surface area (Å²) in [6.45, 7) is 19.8. The van der Waals surface area contributed by atoms with Crippen LogP contribution in [-0.4, -0.2) is 35.3 Å². The highest BCUT2D eigenvalue weighted by atomic mass is 16.1. The number of benzene rings is 3. The second kappa shape index (κ2) is 19.3. The summed E-state index contributed by atoms with van der Waals surface area (Å²) in [6.07, 6.45) is 7.41. The van der Waals surface area contributed by atoms with Crippen LogP contribution in [0.5, 0.6) is 0 Å². The van der Waals surface area contributed by atoms with Crippen molar-refractivity contribution in [2.45, 2.75) is 107 Å². The zero-order valence-corrected chi connectivity index (χ0v) is 30.5. The van der Waals surface area contributed by atoms with Gasteiger partial charge in [-0.3, -0.25) is 14.7 Å². The Hall–Kier alpha value is -3.63. The van der Waals surface area contributed by atoms with Crippen LogP contribution in [0.15, 0.2) is 106 Å². The molecular formula is C43H59N3O. The Morgan fingerprint density at radius 2 is 1.51 bits per heavy atom. The van der Waals surface area contributed by atoms with Crippen molar-refractivity contribution in [3.63, 3.8) is 0 Å². The van der Waals surface area contributed by atoms with E-state index in [9.17, 15) is 4.79 Å². The first kappa shape index (κ1) is 37.8. The zero-order valence-electron chi connectivity index (χ0n) is 30.5. The van der Waals surface area contributed by atoms with E-state index >= 15 is 0 Å². The van der Waals surface area contributed by atoms with Crippen LogP contribution in [0.2, 0.25) is 0 Å². The van der Waals surface area contributed by atoms with Crippen molar-refractivity contribution in [2.24, 2.45) is 21.3 Å². The molecule has 47 heavy (non-hydrogen) atoms. The van der Waals surface area contributed by atoms with Crippen molar-refractivity contribution < 1.29 is 4.79 Å². The molecule has 0 bridgehead atoms. The second-order valence-corrected chi connectivity index (χ2v) is 14.1. The Morgan fingerprint density at radius 1 is 0.872 bits per heavy atom. The van der Waals surface area contributed by atoms with E-state index in [2.05, 4.69) is 144 Å². The first-order valence-corrected chi connectivity index (χ1v) is 17.8. The highest BCUT2D eigenvalue weighted by Gasteiger charge is 2.29. The monoisotopic (exact) mass is 633 g/mol. The predicted molar refractivity (Wildman–Crippen MR) is 202 cm³/mol. The fourth-order valence-corrected chi connectivity index (χ4v) is 6.07. The summed E-state index contributed by atoms with van der Waals surface area (Å²) in [5.41, 5.74) is 10.3. The summed E-state index contributed by atoms with van der Waals surface area (Å²) in [7, 11) is 0. The number of carbonyl (C=O) groups is 1. The number of aryl methyl sites for hydroxylation is 2. The minimum Gasteiger partial charge on any atom is -0.298 e. The smallest absolute Gasteiger partial charge is 0.250 e. The van der Waals surface area contributed by atoms with E-state index in [4.69, 9.17) is 4.99 Å². The summed E-state index contributed by atoms with van der Waals surface area (Å²) >= 11 is 0. The number of carbonyl (C=O) groups excluding carboxylic acids is 1. The van der Waals surface area contributed by atoms with E-state index in [1.807, 2.05) is 6.07 Å². The minimum atomic E-state index is -0.0211. The molecule has 4 nitrogen and oxygen atoms in total. The molecule has 2 aliphatic heterocycles. The topological polar surface area (TPSA) is 45.0 Å². The maximum Gasteiger partial charge on any atom is 0.250 e. The number of likely N-dealkylation sites (tertiary alicyclic amines) is 1. The molecule has 0 radical (unpaired) electrons. The molecule has 1 fully saturated rings. The first-order valence-electron chi connectivity index (χ1n) is 17.8. The lowest BCUT2D eigenvalue weighted by molar-refractivity contribution is -0.121. The normalized spacial score (nSPS) is 16.6. The van der Waals surface area contributed by atoms with Gasteiger partial charge in [-0.2, -0.15) is 0 Å². The minimum absolute atomic E-state index is 0.0211. The molecule has 1 saturated heterocycles. The van der Waals surface area contributed by atoms with Gasteiger partial charge in [-0.25, -0.2) is 4.99 Å². The van der Waals surface area contributed by atoms with Crippen molar-refractivity contribution in [3.05, 3.63) is 118 Å². The maximum atomic E-state index is 12.4. The van der Waals surface area contributed by atoms with Gasteiger partial charge in [0, 0.05) is 36.3 Å². The van der Waals surface area contributed by atoms with Gasteiger partial charge in [-0.15, -0.1) is 0 Å². The first-order chi connectivity index (χ1) is 22.5. The molecular weight excluding hydrogens is 574 g/mol. The molecule has 2 heterocycles. The molecule has 5 rings (SSSR count). The highest BCUT2D eigenvalue weighted by molar-refractivity contribution is 6.04. The molecule has 0 saturated carbocycles. The van der Waals surface area contributed by atoms with Crippen molar-refractivity contribution in [2.75, 3.05) is 13.1 Å². The van der Waals surface area contributed by atoms with Gasteiger partial charge in [-0.1, -0.05) is 138 Å². The molecule has 1 unspecified atom stereocenters. The lowest BCUT2D eigenvalue weighted by atomic mass is 9.88. The SMILES string of the molecule is CC1=C(CCCc2cccc(C)c2)N=C(c2ccccc2)C1.CCC.CCC(=NC(=O)C1CCN(Cc2ccccc2)C1)C(C)(C)C. The molecule has 4 heteroatoms. The molecule has 1 atom stereocenters. The van der Waals surface area contributed by atoms with Crippen molar-refractivity contribution >= 4 is 17.3 Å². The standard InChI is InChI=1S/C21H23N.C19H28N2O.C3H8/c1-16-8-6-9-18(14-16)10-7-13-20-17(2)15-21(22-20)19-11-4-3-5-12-19;1-5-17(19(2,3)4)20-18(22)16-11-12-21(14-16)13-15-9-7-6-8-10-15;1-3-2/h3-6,8-9,11-12,14H,7,10,13,15H2,1-2H3;6-10,16H,5,11-14H2,1-4H3;3H2,1-2H3. The molecule has 3 aromatic rings. The largest absolute Gasteiger partial charge is 0.298 e. The number of amides is 1. The third kappa shape index (κ3) is 12.8.